The average Bonchev–Trinajstić information content (AvgIpc) is 3.16. The normalized spacial score (nSPS) is 14.8. The van der Waals surface area contributed by atoms with Gasteiger partial charge in [0.05, 0.1) is 32.2 Å². The molecule has 0 aromatic rings. The zero-order valence-electron chi connectivity index (χ0n) is 33.8. The van der Waals surface area contributed by atoms with Gasteiger partial charge in [-0.1, -0.05) is 13.8 Å². The first-order valence-electron chi connectivity index (χ1n) is 18.6. The van der Waals surface area contributed by atoms with Crippen LogP contribution in [-0.4, -0.2) is 165 Å². The molecule has 0 bridgehead atoms. The van der Waals surface area contributed by atoms with Crippen LogP contribution in [0, 0.1) is 5.92 Å². The van der Waals surface area contributed by atoms with Gasteiger partial charge in [-0.2, -0.15) is 0 Å². The minimum absolute atomic E-state index is 0.00822. The van der Waals surface area contributed by atoms with Gasteiger partial charge in [0.15, 0.2) is 0 Å². The molecule has 17 N–H and O–H groups in total. The number of amides is 9. The molecule has 9 amide bonds. The third-order valence-electron chi connectivity index (χ3n) is 8.20. The molecule has 27 nitrogen and oxygen atoms in total. The smallest absolute Gasteiger partial charge is 0.325 e. The molecule has 0 saturated heterocycles. The van der Waals surface area contributed by atoms with Gasteiger partial charge in [-0.05, 0) is 39.0 Å². The lowest BCUT2D eigenvalue weighted by Crippen LogP contribution is -2.59. The van der Waals surface area contributed by atoms with Gasteiger partial charge in [-0.25, -0.2) is 0 Å². The van der Waals surface area contributed by atoms with Gasteiger partial charge in [0.25, 0.3) is 0 Å². The van der Waals surface area contributed by atoms with Gasteiger partial charge in [-0.15, -0.1) is 0 Å². The minimum atomic E-state index is -1.93. The van der Waals surface area contributed by atoms with Crippen LogP contribution in [0.1, 0.15) is 66.2 Å². The van der Waals surface area contributed by atoms with Crippen LogP contribution in [-0.2, 0) is 57.5 Å². The molecule has 8 atom stereocenters. The Morgan fingerprint density at radius 3 is 1.43 bits per heavy atom. The average molecular weight is 877 g/mol. The van der Waals surface area contributed by atoms with E-state index in [0.717, 1.165) is 6.92 Å². The van der Waals surface area contributed by atoms with Crippen molar-refractivity contribution in [3.8, 4) is 0 Å². The van der Waals surface area contributed by atoms with Gasteiger partial charge < -0.3 is 79.5 Å². The number of rotatable bonds is 29. The fraction of sp³-hybridized carbons (Fsp3) is 0.647. The first-order chi connectivity index (χ1) is 28.3. The molecule has 27 heteroatoms. The van der Waals surface area contributed by atoms with Crippen molar-refractivity contribution in [3.05, 3.63) is 0 Å². The highest BCUT2D eigenvalue weighted by Gasteiger charge is 2.33. The molecule has 0 aliphatic carbocycles. The van der Waals surface area contributed by atoms with Gasteiger partial charge in [0.2, 0.25) is 53.2 Å². The molecular formula is C34H56N10O17. The fourth-order valence-corrected chi connectivity index (χ4v) is 4.85. The number of aliphatic hydroxyl groups is 2. The molecule has 344 valence electrons. The predicted molar refractivity (Wildman–Crippen MR) is 205 cm³/mol. The molecule has 0 aliphatic rings. The molecule has 0 aromatic heterocycles. The number of nitrogens with one attached hydrogen (secondary N) is 8. The number of carboxylic acid groups (broad SMARTS) is 3. The fourth-order valence-electron chi connectivity index (χ4n) is 4.85. The molecule has 0 fully saturated rings. The second-order valence-electron chi connectivity index (χ2n) is 14.0. The van der Waals surface area contributed by atoms with Crippen molar-refractivity contribution in [2.45, 2.75) is 115 Å². The highest BCUT2D eigenvalue weighted by molar-refractivity contribution is 5.98. The molecule has 0 unspecified atom stereocenters. The molecule has 0 aliphatic heterocycles. The second-order valence-corrected chi connectivity index (χ2v) is 14.0. The number of carbonyl (C=O) groups is 12. The number of primary amides is 1. The summed E-state index contributed by atoms with van der Waals surface area (Å²) in [5.74, 6) is -14.3. The number of hydrogen-bond donors (Lipinski definition) is 15. The topological polar surface area (TPSA) is 454 Å². The summed E-state index contributed by atoms with van der Waals surface area (Å²) in [6.45, 7) is 2.99. The maximum absolute atomic E-state index is 13.3. The van der Waals surface area contributed by atoms with E-state index in [-0.39, 0.29) is 12.3 Å². The van der Waals surface area contributed by atoms with Crippen LogP contribution in [0.2, 0.25) is 0 Å². The summed E-state index contributed by atoms with van der Waals surface area (Å²) in [5, 5.41) is 63.9. The zero-order valence-corrected chi connectivity index (χ0v) is 33.8. The first-order valence-corrected chi connectivity index (χ1v) is 18.6. The van der Waals surface area contributed by atoms with E-state index in [1.54, 1.807) is 13.8 Å². The van der Waals surface area contributed by atoms with E-state index >= 15 is 0 Å². The Kier molecular flexibility index (Phi) is 24.4. The molecule has 0 aromatic carbocycles. The molecule has 0 radical (unpaired) electrons. The highest BCUT2D eigenvalue weighted by Crippen LogP contribution is 2.08. The van der Waals surface area contributed by atoms with Crippen molar-refractivity contribution in [3.63, 3.8) is 0 Å². The monoisotopic (exact) mass is 876 g/mol. The summed E-state index contributed by atoms with van der Waals surface area (Å²) in [4.78, 5) is 148. The maximum Gasteiger partial charge on any atom is 0.325 e. The van der Waals surface area contributed by atoms with Crippen molar-refractivity contribution < 1.29 is 83.1 Å². The molecular weight excluding hydrogens is 820 g/mol. The van der Waals surface area contributed by atoms with Crippen molar-refractivity contribution in [2.24, 2.45) is 17.4 Å². The van der Waals surface area contributed by atoms with Crippen molar-refractivity contribution >= 4 is 71.1 Å². The molecule has 0 saturated carbocycles. The lowest BCUT2D eigenvalue weighted by Gasteiger charge is -2.25. The van der Waals surface area contributed by atoms with Gasteiger partial charge >= 0.3 is 17.9 Å². The van der Waals surface area contributed by atoms with E-state index in [4.69, 9.17) is 21.7 Å². The standard InChI is InChI=1S/C34H56N10O17/c1-14(2)9-19(40-24(49)12-38-33(59)27(36)16(4)46)31(57)42-17(5-7-22(35)47)30(56)44-21(13-45)28(54)37-11-23(48)41-20(10-26(52)53)32(58)43-18(6-8-25(50)51)29(55)39-15(3)34(60)61/h14-21,27,45-46H,5-13,36H2,1-4H3,(H2,35,47)(H,37,54)(H,38,59)(H,39,55)(H,40,49)(H,41,48)(H,42,57)(H,43,58)(H,44,56)(H,50,51)(H,52,53)(H,60,61)/t15-,16+,17-,18-,19-,20-,21-,27-/m0/s1. The number of aliphatic hydroxyl groups excluding tert-OH is 2. The molecule has 0 rings (SSSR count). The van der Waals surface area contributed by atoms with E-state index in [9.17, 15) is 72.9 Å². The van der Waals surface area contributed by atoms with Crippen LogP contribution in [0.5, 0.6) is 0 Å². The number of carboxylic acids is 3. The van der Waals surface area contributed by atoms with Crippen LogP contribution >= 0.6 is 0 Å². The number of nitrogens with two attached hydrogens (primary N) is 2. The third kappa shape index (κ3) is 22.5. The van der Waals surface area contributed by atoms with Crippen LogP contribution in [0.25, 0.3) is 0 Å². The Morgan fingerprint density at radius 2 is 0.984 bits per heavy atom. The van der Waals surface area contributed by atoms with E-state index in [1.165, 1.54) is 6.92 Å². The van der Waals surface area contributed by atoms with E-state index < -0.39 is 171 Å². The third-order valence-corrected chi connectivity index (χ3v) is 8.20. The van der Waals surface area contributed by atoms with E-state index in [0.29, 0.717) is 0 Å². The van der Waals surface area contributed by atoms with Crippen molar-refractivity contribution in [2.75, 3.05) is 19.7 Å². The summed E-state index contributed by atoms with van der Waals surface area (Å²) in [6, 6.07) is -11.2. The lowest BCUT2D eigenvalue weighted by molar-refractivity contribution is -0.143. The van der Waals surface area contributed by atoms with Gasteiger partial charge in [0.1, 0.15) is 42.3 Å². The summed E-state index contributed by atoms with van der Waals surface area (Å²) in [7, 11) is 0. The SMILES string of the molecule is CC(C)C[C@H](NC(=O)CNC(=O)[C@@H](N)[C@@H](C)O)C(=O)N[C@@H](CCC(N)=O)C(=O)N[C@@H](CO)C(=O)NCC(=O)N[C@@H](CC(=O)O)C(=O)N[C@@H](CCC(=O)O)C(=O)N[C@@H](C)C(=O)O. The Labute approximate surface area is 348 Å². The van der Waals surface area contributed by atoms with E-state index in [2.05, 4.69) is 26.6 Å². The Balaban J connectivity index is 5.85. The quantitative estimate of drug-likeness (QED) is 0.0332. The first kappa shape index (κ1) is 54.5. The molecule has 61 heavy (non-hydrogen) atoms. The summed E-state index contributed by atoms with van der Waals surface area (Å²) < 4.78 is 0. The highest BCUT2D eigenvalue weighted by atomic mass is 16.4. The van der Waals surface area contributed by atoms with Gasteiger partial charge in [-0.3, -0.25) is 57.5 Å². The largest absolute Gasteiger partial charge is 0.481 e. The number of carbonyl (C=O) groups excluding carboxylic acids is 9. The van der Waals surface area contributed by atoms with E-state index in [1.807, 2.05) is 16.0 Å². The van der Waals surface area contributed by atoms with Crippen LogP contribution in [0.4, 0.5) is 0 Å². The van der Waals surface area contributed by atoms with Crippen molar-refractivity contribution in [1.29, 1.82) is 0 Å². The van der Waals surface area contributed by atoms with Crippen LogP contribution in [0.15, 0.2) is 0 Å². The number of aliphatic carboxylic acids is 3. The molecule has 0 heterocycles. The maximum atomic E-state index is 13.3. The van der Waals surface area contributed by atoms with Gasteiger partial charge in [0, 0.05) is 12.8 Å². The Bertz CT molecular complexity index is 1630. The lowest BCUT2D eigenvalue weighted by atomic mass is 10.0. The Hall–Kier alpha value is -6.48. The second kappa shape index (κ2) is 27.3. The van der Waals surface area contributed by atoms with Crippen LogP contribution < -0.4 is 54.0 Å². The molecule has 0 spiro atoms. The Morgan fingerprint density at radius 1 is 0.541 bits per heavy atom. The summed E-state index contributed by atoms with van der Waals surface area (Å²) in [6.07, 6.45) is -4.47. The zero-order chi connectivity index (χ0) is 47.1. The number of hydrogen-bond acceptors (Lipinski definition) is 15. The van der Waals surface area contributed by atoms with Crippen molar-refractivity contribution in [1.82, 2.24) is 42.5 Å². The minimum Gasteiger partial charge on any atom is -0.481 e. The summed E-state index contributed by atoms with van der Waals surface area (Å²) in [5.41, 5.74) is 10.7. The predicted octanol–water partition coefficient (Wildman–Crippen LogP) is -7.42. The van der Waals surface area contributed by atoms with Crippen LogP contribution in [0.3, 0.4) is 0 Å². The summed E-state index contributed by atoms with van der Waals surface area (Å²) >= 11 is 0.